The third-order valence-electron chi connectivity index (χ3n) is 4.98. The summed E-state index contributed by atoms with van der Waals surface area (Å²) in [6.45, 7) is 0.788. The van der Waals surface area contributed by atoms with Crippen LogP contribution in [0.2, 0.25) is 0 Å². The Morgan fingerprint density at radius 2 is 1.74 bits per heavy atom. The van der Waals surface area contributed by atoms with E-state index < -0.39 is 0 Å². The van der Waals surface area contributed by atoms with Crippen LogP contribution in [-0.2, 0) is 6.67 Å². The maximum absolute atomic E-state index is 13.1. The zero-order valence-electron chi connectivity index (χ0n) is 17.7. The Labute approximate surface area is 183 Å². The summed E-state index contributed by atoms with van der Waals surface area (Å²) in [7, 11) is 6.33. The quantitative estimate of drug-likeness (QED) is 0.581. The molecule has 4 rings (SSSR count). The van der Waals surface area contributed by atoms with Gasteiger partial charge < -0.3 is 23.8 Å². The van der Waals surface area contributed by atoms with Gasteiger partial charge in [-0.2, -0.15) is 0 Å². The first-order chi connectivity index (χ1) is 15.1. The maximum atomic E-state index is 13.1. The number of hydrogen-bond donors (Lipinski definition) is 0. The molecule has 0 saturated carbocycles. The smallest absolute Gasteiger partial charge is 0.271 e. The summed E-state index contributed by atoms with van der Waals surface area (Å²) >= 11 is 1.38. The lowest BCUT2D eigenvalue weighted by Crippen LogP contribution is -2.42. The van der Waals surface area contributed by atoms with E-state index in [0.29, 0.717) is 39.9 Å². The van der Waals surface area contributed by atoms with Crippen molar-refractivity contribution in [3.63, 3.8) is 0 Å². The number of anilines is 1. The van der Waals surface area contributed by atoms with E-state index in [1.165, 1.54) is 11.3 Å². The first-order valence-electron chi connectivity index (χ1n) is 9.52. The zero-order chi connectivity index (χ0) is 22.0. The number of thiazole rings is 1. The first kappa shape index (κ1) is 20.8. The van der Waals surface area contributed by atoms with E-state index in [9.17, 15) is 4.79 Å². The Morgan fingerprint density at radius 1 is 1.00 bits per heavy atom. The van der Waals surface area contributed by atoms with Crippen LogP contribution in [0.15, 0.2) is 46.2 Å². The molecule has 0 amide bonds. The Bertz CT molecular complexity index is 1260. The molecule has 0 unspecified atom stereocenters. The number of hydrogen-bond acceptors (Lipinski definition) is 8. The first-order valence-corrected chi connectivity index (χ1v) is 10.3. The topological polar surface area (TPSA) is 74.5 Å². The predicted octanol–water partition coefficient (Wildman–Crippen LogP) is 1.83. The molecule has 0 fully saturated rings. The zero-order valence-corrected chi connectivity index (χ0v) is 18.6. The van der Waals surface area contributed by atoms with Crippen LogP contribution in [0.3, 0.4) is 0 Å². The van der Waals surface area contributed by atoms with Gasteiger partial charge in [-0.05, 0) is 23.8 Å². The van der Waals surface area contributed by atoms with Crippen molar-refractivity contribution in [2.75, 3.05) is 40.0 Å². The van der Waals surface area contributed by atoms with E-state index in [4.69, 9.17) is 18.9 Å². The summed E-state index contributed by atoms with van der Waals surface area (Å²) in [4.78, 5) is 20.3. The van der Waals surface area contributed by atoms with Crippen molar-refractivity contribution in [3.05, 3.63) is 61.6 Å². The molecule has 0 bridgehead atoms. The molecule has 2 aromatic carbocycles. The molecule has 1 aromatic heterocycles. The van der Waals surface area contributed by atoms with Crippen LogP contribution >= 0.6 is 11.3 Å². The van der Waals surface area contributed by atoms with Crippen molar-refractivity contribution in [3.8, 4) is 23.0 Å². The summed E-state index contributed by atoms with van der Waals surface area (Å²) in [5.41, 5.74) is 1.64. The Kier molecular flexibility index (Phi) is 5.85. The van der Waals surface area contributed by atoms with E-state index in [1.54, 1.807) is 33.0 Å². The molecule has 0 N–H and O–H groups in total. The molecular weight excluding hydrogens is 418 g/mol. The second kappa shape index (κ2) is 8.73. The number of ether oxygens (including phenoxy) is 4. The van der Waals surface area contributed by atoms with E-state index >= 15 is 0 Å². The highest BCUT2D eigenvalue weighted by Crippen LogP contribution is 2.41. The van der Waals surface area contributed by atoms with Crippen LogP contribution < -0.4 is 38.7 Å². The highest BCUT2D eigenvalue weighted by Gasteiger charge is 2.20. The number of aromatic nitrogens is 1. The fourth-order valence-electron chi connectivity index (χ4n) is 3.41. The SMILES string of the molecule is COc1cccc(C=c2sc3n(c2=O)CN(c2cc(OC)c(OC)c(OC)c2)CN=3)c1. The molecule has 2 heterocycles. The molecule has 0 spiro atoms. The van der Waals surface area contributed by atoms with E-state index in [1.807, 2.05) is 47.4 Å². The second-order valence-electron chi connectivity index (χ2n) is 6.77. The molecule has 0 radical (unpaired) electrons. The molecule has 1 aliphatic heterocycles. The largest absolute Gasteiger partial charge is 0.497 e. The van der Waals surface area contributed by atoms with Gasteiger partial charge in [-0.3, -0.25) is 9.36 Å². The number of fused-ring (bicyclic) bond motifs is 1. The molecule has 31 heavy (non-hydrogen) atoms. The molecule has 3 aromatic rings. The second-order valence-corrected chi connectivity index (χ2v) is 7.78. The minimum atomic E-state index is -0.0799. The van der Waals surface area contributed by atoms with Gasteiger partial charge in [0, 0.05) is 17.8 Å². The fourth-order valence-corrected chi connectivity index (χ4v) is 4.37. The summed E-state index contributed by atoms with van der Waals surface area (Å²) in [5.74, 6) is 2.36. The van der Waals surface area contributed by atoms with Crippen LogP contribution in [0.4, 0.5) is 5.69 Å². The van der Waals surface area contributed by atoms with Gasteiger partial charge in [0.15, 0.2) is 16.3 Å². The van der Waals surface area contributed by atoms with E-state index in [0.717, 1.165) is 17.0 Å². The van der Waals surface area contributed by atoms with Crippen LogP contribution in [0.5, 0.6) is 23.0 Å². The van der Waals surface area contributed by atoms with Gasteiger partial charge in [0.05, 0.1) is 33.0 Å². The highest BCUT2D eigenvalue weighted by atomic mass is 32.1. The Morgan fingerprint density at radius 3 is 2.39 bits per heavy atom. The van der Waals surface area contributed by atoms with E-state index in [-0.39, 0.29) is 5.56 Å². The molecular formula is C22H23N3O5S. The minimum absolute atomic E-state index is 0.0799. The lowest BCUT2D eigenvalue weighted by Gasteiger charge is -2.27. The predicted molar refractivity (Wildman–Crippen MR) is 119 cm³/mol. The molecule has 0 atom stereocenters. The van der Waals surface area contributed by atoms with Crippen molar-refractivity contribution in [1.29, 1.82) is 0 Å². The van der Waals surface area contributed by atoms with Gasteiger partial charge in [0.25, 0.3) is 5.56 Å². The maximum Gasteiger partial charge on any atom is 0.271 e. The summed E-state index contributed by atoms with van der Waals surface area (Å²) in [6, 6.07) is 11.3. The molecule has 0 aliphatic carbocycles. The lowest BCUT2D eigenvalue weighted by atomic mass is 10.2. The van der Waals surface area contributed by atoms with Crippen LogP contribution in [0, 0.1) is 0 Å². The Balaban J connectivity index is 1.70. The van der Waals surface area contributed by atoms with Gasteiger partial charge in [-0.15, -0.1) is 0 Å². The summed E-state index contributed by atoms with van der Waals surface area (Å²) in [6.07, 6.45) is 1.86. The van der Waals surface area contributed by atoms with Crippen LogP contribution in [0.25, 0.3) is 6.08 Å². The minimum Gasteiger partial charge on any atom is -0.497 e. The number of nitrogens with zero attached hydrogens (tertiary/aromatic N) is 3. The van der Waals surface area contributed by atoms with Gasteiger partial charge in [-0.25, -0.2) is 4.99 Å². The number of methoxy groups -OCH3 is 4. The standard InChI is InChI=1S/C22H23N3O5S/c1-27-16-7-5-6-14(8-16)9-19-21(26)25-13-24(12-23-22(25)31-19)15-10-17(28-2)20(30-4)18(11-15)29-3/h5-11H,12-13H2,1-4H3. The van der Waals surface area contributed by atoms with Crippen molar-refractivity contribution in [2.24, 2.45) is 4.99 Å². The third kappa shape index (κ3) is 3.96. The van der Waals surface area contributed by atoms with Crippen molar-refractivity contribution < 1.29 is 18.9 Å². The summed E-state index contributed by atoms with van der Waals surface area (Å²) in [5, 5.41) is 0. The average Bonchev–Trinajstić information content (AvgIpc) is 3.12. The van der Waals surface area contributed by atoms with Gasteiger partial charge in [0.2, 0.25) is 5.75 Å². The molecule has 1 aliphatic rings. The van der Waals surface area contributed by atoms with Crippen molar-refractivity contribution in [2.45, 2.75) is 6.67 Å². The van der Waals surface area contributed by atoms with Gasteiger partial charge in [-0.1, -0.05) is 23.5 Å². The van der Waals surface area contributed by atoms with Crippen LogP contribution in [-0.4, -0.2) is 39.7 Å². The molecule has 0 saturated heterocycles. The van der Waals surface area contributed by atoms with E-state index in [2.05, 4.69) is 4.99 Å². The summed E-state index contributed by atoms with van der Waals surface area (Å²) < 4.78 is 23.9. The molecule has 162 valence electrons. The van der Waals surface area contributed by atoms with Crippen molar-refractivity contribution in [1.82, 2.24) is 4.57 Å². The monoisotopic (exact) mass is 441 g/mol. The third-order valence-corrected chi connectivity index (χ3v) is 6.03. The van der Waals surface area contributed by atoms with Crippen LogP contribution in [0.1, 0.15) is 5.56 Å². The highest BCUT2D eigenvalue weighted by molar-refractivity contribution is 7.07. The van der Waals surface area contributed by atoms with Gasteiger partial charge in [0.1, 0.15) is 19.1 Å². The molecule has 9 heteroatoms. The normalized spacial score (nSPS) is 13.4. The average molecular weight is 442 g/mol. The van der Waals surface area contributed by atoms with Crippen molar-refractivity contribution >= 4 is 23.1 Å². The number of benzene rings is 2. The Hall–Kier alpha value is -3.46. The lowest BCUT2D eigenvalue weighted by molar-refractivity contribution is 0.324. The fraction of sp³-hybridized carbons (Fsp3) is 0.273. The number of rotatable bonds is 6. The molecule has 8 nitrogen and oxygen atoms in total. The van der Waals surface area contributed by atoms with Gasteiger partial charge >= 0.3 is 0 Å².